The van der Waals surface area contributed by atoms with E-state index in [9.17, 15) is 4.79 Å². The van der Waals surface area contributed by atoms with Crippen LogP contribution in [0.5, 0.6) is 0 Å². The number of aromatic nitrogens is 2. The van der Waals surface area contributed by atoms with Crippen LogP contribution in [0.25, 0.3) is 16.9 Å². The molecule has 5 heteroatoms. The van der Waals surface area contributed by atoms with Crippen LogP contribution in [0.1, 0.15) is 23.0 Å². The topological polar surface area (TPSA) is 56.7 Å². The van der Waals surface area contributed by atoms with Gasteiger partial charge in [-0.25, -0.2) is 4.79 Å². The predicted molar refractivity (Wildman–Crippen MR) is 65.7 cm³/mol. The Morgan fingerprint density at radius 1 is 1.50 bits per heavy atom. The quantitative estimate of drug-likeness (QED) is 0.650. The molecule has 0 spiro atoms. The molecule has 0 amide bonds. The van der Waals surface area contributed by atoms with Crippen LogP contribution >= 0.6 is 0 Å². The fourth-order valence-corrected chi connectivity index (χ4v) is 1.91. The number of nitrogens with zero attached hydrogens (tertiary/aromatic N) is 2. The Morgan fingerprint density at radius 2 is 2.33 bits per heavy atom. The van der Waals surface area contributed by atoms with E-state index in [1.54, 1.807) is 17.5 Å². The van der Waals surface area contributed by atoms with Gasteiger partial charge in [0.1, 0.15) is 0 Å². The Morgan fingerprint density at radius 3 is 3.11 bits per heavy atom. The molecule has 5 nitrogen and oxygen atoms in total. The average molecular weight is 244 g/mol. The molecule has 3 aromatic rings. The van der Waals surface area contributed by atoms with E-state index in [4.69, 9.17) is 9.15 Å². The van der Waals surface area contributed by atoms with Crippen molar-refractivity contribution in [3.63, 3.8) is 0 Å². The molecular weight excluding hydrogens is 232 g/mol. The number of fused-ring (bicyclic) bond motifs is 3. The summed E-state index contributed by atoms with van der Waals surface area (Å²) in [6.07, 6.45) is 1.63. The summed E-state index contributed by atoms with van der Waals surface area (Å²) >= 11 is 0. The Kier molecular flexibility index (Phi) is 2.33. The lowest BCUT2D eigenvalue weighted by Crippen LogP contribution is -2.04. The Labute approximate surface area is 103 Å². The van der Waals surface area contributed by atoms with Crippen LogP contribution in [0.15, 0.2) is 28.8 Å². The molecule has 0 saturated heterocycles. The first-order valence-corrected chi connectivity index (χ1v) is 5.74. The number of oxazole rings is 1. The van der Waals surface area contributed by atoms with Crippen LogP contribution in [0.2, 0.25) is 0 Å². The van der Waals surface area contributed by atoms with Gasteiger partial charge in [0.15, 0.2) is 11.3 Å². The van der Waals surface area contributed by atoms with Crippen molar-refractivity contribution < 1.29 is 13.9 Å². The lowest BCUT2D eigenvalue weighted by molar-refractivity contribution is 0.0520. The predicted octanol–water partition coefficient (Wildman–Crippen LogP) is 2.57. The van der Waals surface area contributed by atoms with Gasteiger partial charge in [0.25, 0.3) is 0 Å². The zero-order chi connectivity index (χ0) is 12.7. The fraction of sp³-hybridized carbons (Fsp3) is 0.231. The third-order valence-electron chi connectivity index (χ3n) is 2.73. The summed E-state index contributed by atoms with van der Waals surface area (Å²) < 4.78 is 12.2. The number of carbonyl (C=O) groups is 1. The first kappa shape index (κ1) is 10.8. The second kappa shape index (κ2) is 3.87. The first-order valence-electron chi connectivity index (χ1n) is 5.74. The van der Waals surface area contributed by atoms with Crippen LogP contribution in [0.4, 0.5) is 0 Å². The zero-order valence-corrected chi connectivity index (χ0v) is 10.1. The van der Waals surface area contributed by atoms with E-state index >= 15 is 0 Å². The molecule has 2 heterocycles. The van der Waals surface area contributed by atoms with Crippen molar-refractivity contribution in [2.45, 2.75) is 13.8 Å². The van der Waals surface area contributed by atoms with Crippen molar-refractivity contribution in [2.75, 3.05) is 6.61 Å². The van der Waals surface area contributed by atoms with Crippen LogP contribution in [0, 0.1) is 6.92 Å². The first-order chi connectivity index (χ1) is 8.69. The van der Waals surface area contributed by atoms with Gasteiger partial charge in [-0.15, -0.1) is 0 Å². The highest BCUT2D eigenvalue weighted by Crippen LogP contribution is 2.21. The fourth-order valence-electron chi connectivity index (χ4n) is 1.91. The molecule has 0 fully saturated rings. The standard InChI is InChI=1S/C13H12N2O3/c1-3-17-12(16)9-7-15-10-5-4-8(2)6-11(10)18-13(15)14-9/h4-7H,3H2,1-2H3. The highest BCUT2D eigenvalue weighted by Gasteiger charge is 2.16. The van der Waals surface area contributed by atoms with E-state index in [2.05, 4.69) is 4.98 Å². The minimum atomic E-state index is -0.434. The van der Waals surface area contributed by atoms with Gasteiger partial charge in [0.05, 0.1) is 12.1 Å². The van der Waals surface area contributed by atoms with Gasteiger partial charge in [-0.1, -0.05) is 6.07 Å². The van der Waals surface area contributed by atoms with Crippen molar-refractivity contribution in [3.05, 3.63) is 35.7 Å². The second-order valence-corrected chi connectivity index (χ2v) is 4.07. The normalized spacial score (nSPS) is 11.2. The summed E-state index contributed by atoms with van der Waals surface area (Å²) in [5.41, 5.74) is 3.02. The zero-order valence-electron chi connectivity index (χ0n) is 10.1. The summed E-state index contributed by atoms with van der Waals surface area (Å²) in [5, 5.41) is 0. The Hall–Kier alpha value is -2.30. The van der Waals surface area contributed by atoms with Crippen molar-refractivity contribution in [2.24, 2.45) is 0 Å². The highest BCUT2D eigenvalue weighted by atomic mass is 16.5. The smallest absolute Gasteiger partial charge is 0.358 e. The summed E-state index contributed by atoms with van der Waals surface area (Å²) in [6.45, 7) is 4.09. The highest BCUT2D eigenvalue weighted by molar-refractivity contribution is 5.89. The van der Waals surface area contributed by atoms with E-state index in [0.717, 1.165) is 16.7 Å². The molecule has 1 aromatic carbocycles. The van der Waals surface area contributed by atoms with Crippen LogP contribution in [0.3, 0.4) is 0 Å². The maximum Gasteiger partial charge on any atom is 0.358 e. The molecule has 18 heavy (non-hydrogen) atoms. The van der Waals surface area contributed by atoms with Gasteiger partial charge in [-0.2, -0.15) is 4.98 Å². The molecule has 2 aromatic heterocycles. The molecule has 0 saturated carbocycles. The van der Waals surface area contributed by atoms with E-state index < -0.39 is 5.97 Å². The maximum atomic E-state index is 11.6. The molecule has 0 bridgehead atoms. The molecule has 0 atom stereocenters. The summed E-state index contributed by atoms with van der Waals surface area (Å²) in [4.78, 5) is 15.7. The number of hydrogen-bond donors (Lipinski definition) is 0. The van der Waals surface area contributed by atoms with Gasteiger partial charge < -0.3 is 9.15 Å². The maximum absolute atomic E-state index is 11.6. The number of ether oxygens (including phenoxy) is 1. The van der Waals surface area contributed by atoms with Crippen LogP contribution in [-0.2, 0) is 4.74 Å². The Balaban J connectivity index is 2.16. The van der Waals surface area contributed by atoms with Crippen LogP contribution in [-0.4, -0.2) is 22.0 Å². The number of esters is 1. The summed E-state index contributed by atoms with van der Waals surface area (Å²) in [7, 11) is 0. The van der Waals surface area contributed by atoms with Gasteiger partial charge in [0, 0.05) is 6.20 Å². The lowest BCUT2D eigenvalue weighted by atomic mass is 10.2. The molecule has 0 aliphatic carbocycles. The molecule has 0 N–H and O–H groups in total. The van der Waals surface area contributed by atoms with Gasteiger partial charge in [-0.3, -0.25) is 4.40 Å². The molecule has 0 unspecified atom stereocenters. The third kappa shape index (κ3) is 1.55. The third-order valence-corrected chi connectivity index (χ3v) is 2.73. The lowest BCUT2D eigenvalue weighted by Gasteiger charge is -1.95. The van der Waals surface area contributed by atoms with Gasteiger partial charge >= 0.3 is 11.8 Å². The molecule has 0 radical (unpaired) electrons. The van der Waals surface area contributed by atoms with Crippen molar-refractivity contribution in [3.8, 4) is 0 Å². The minimum Gasteiger partial charge on any atom is -0.461 e. The SMILES string of the molecule is CCOC(=O)c1cn2c(n1)oc1cc(C)ccc12. The average Bonchev–Trinajstić information content (AvgIpc) is 2.85. The van der Waals surface area contributed by atoms with E-state index in [1.807, 2.05) is 25.1 Å². The minimum absolute atomic E-state index is 0.262. The monoisotopic (exact) mass is 244 g/mol. The number of carbonyl (C=O) groups excluding carboxylic acids is 1. The molecule has 0 aliphatic heterocycles. The van der Waals surface area contributed by atoms with Crippen LogP contribution < -0.4 is 0 Å². The van der Waals surface area contributed by atoms with E-state index in [1.165, 1.54) is 0 Å². The number of hydrogen-bond acceptors (Lipinski definition) is 4. The number of imidazole rings is 1. The van der Waals surface area contributed by atoms with Gasteiger partial charge in [-0.05, 0) is 31.5 Å². The van der Waals surface area contributed by atoms with Crippen molar-refractivity contribution in [1.29, 1.82) is 0 Å². The second-order valence-electron chi connectivity index (χ2n) is 4.07. The molecule has 92 valence electrons. The van der Waals surface area contributed by atoms with Crippen molar-refractivity contribution >= 4 is 22.9 Å². The summed E-state index contributed by atoms with van der Waals surface area (Å²) in [5.74, 6) is -0.0321. The number of rotatable bonds is 2. The molecule has 3 rings (SSSR count). The molecular formula is C13H12N2O3. The molecule has 0 aliphatic rings. The largest absolute Gasteiger partial charge is 0.461 e. The Bertz CT molecular complexity index is 739. The van der Waals surface area contributed by atoms with Crippen molar-refractivity contribution in [1.82, 2.24) is 9.38 Å². The number of benzene rings is 1. The van der Waals surface area contributed by atoms with E-state index in [-0.39, 0.29) is 5.69 Å². The number of aryl methyl sites for hydroxylation is 1. The van der Waals surface area contributed by atoms with E-state index in [0.29, 0.717) is 12.5 Å². The summed E-state index contributed by atoms with van der Waals surface area (Å²) in [6, 6.07) is 5.87. The van der Waals surface area contributed by atoms with Gasteiger partial charge in [0.2, 0.25) is 0 Å².